The molecule has 0 fully saturated rings. The number of ether oxygens (including phenoxy) is 3. The number of halogens is 3. The molecule has 1 atom stereocenters. The first-order valence-corrected chi connectivity index (χ1v) is 7.86. The molecule has 0 saturated carbocycles. The van der Waals surface area contributed by atoms with Crippen LogP contribution in [0.5, 0.6) is 17.2 Å². The van der Waals surface area contributed by atoms with Gasteiger partial charge in [-0.25, -0.2) is 0 Å². The molecule has 2 aromatic carbocycles. The standard InChI is InChI=1S/C17H17F3O3S/c1-21-12-6-4-5-11(9-12)16(17(18,19)20)24-13-7-8-14(22-2)15(10-13)23-3/h4-10,16H,1-3H3/t16-/m1/s1. The maximum Gasteiger partial charge on any atom is 0.404 e. The Bertz CT molecular complexity index is 689. The van der Waals surface area contributed by atoms with Crippen LogP contribution in [-0.4, -0.2) is 27.5 Å². The summed E-state index contributed by atoms with van der Waals surface area (Å²) in [6.45, 7) is 0. The fraction of sp³-hybridized carbons (Fsp3) is 0.294. The fourth-order valence-corrected chi connectivity index (χ4v) is 3.16. The summed E-state index contributed by atoms with van der Waals surface area (Å²) >= 11 is 0.701. The van der Waals surface area contributed by atoms with Crippen LogP contribution in [0, 0.1) is 0 Å². The van der Waals surface area contributed by atoms with E-state index in [1.54, 1.807) is 24.3 Å². The SMILES string of the molecule is COc1cccc([C@@H](Sc2ccc(OC)c(OC)c2)C(F)(F)F)c1. The zero-order chi connectivity index (χ0) is 17.7. The van der Waals surface area contributed by atoms with E-state index in [1.807, 2.05) is 0 Å². The van der Waals surface area contributed by atoms with Crippen LogP contribution in [0.2, 0.25) is 0 Å². The summed E-state index contributed by atoms with van der Waals surface area (Å²) in [6.07, 6.45) is -4.41. The van der Waals surface area contributed by atoms with Crippen molar-refractivity contribution in [2.24, 2.45) is 0 Å². The molecule has 0 heterocycles. The van der Waals surface area contributed by atoms with Crippen molar-refractivity contribution < 1.29 is 27.4 Å². The van der Waals surface area contributed by atoms with Crippen LogP contribution < -0.4 is 14.2 Å². The molecule has 0 unspecified atom stereocenters. The first-order valence-electron chi connectivity index (χ1n) is 6.98. The molecule has 0 aromatic heterocycles. The molecule has 3 nitrogen and oxygen atoms in total. The Balaban J connectivity index is 2.36. The number of hydrogen-bond acceptors (Lipinski definition) is 4. The van der Waals surface area contributed by atoms with Crippen molar-refractivity contribution in [2.75, 3.05) is 21.3 Å². The fourth-order valence-electron chi connectivity index (χ4n) is 2.15. The number of thioether (sulfide) groups is 1. The number of alkyl halides is 3. The maximum absolute atomic E-state index is 13.5. The number of hydrogen-bond donors (Lipinski definition) is 0. The van der Waals surface area contributed by atoms with Gasteiger partial charge in [0.05, 0.1) is 21.3 Å². The molecule has 0 aliphatic carbocycles. The van der Waals surface area contributed by atoms with E-state index >= 15 is 0 Å². The first-order chi connectivity index (χ1) is 11.4. The minimum atomic E-state index is -4.41. The zero-order valence-electron chi connectivity index (χ0n) is 13.4. The maximum atomic E-state index is 13.5. The van der Waals surface area contributed by atoms with Crippen molar-refractivity contribution in [1.29, 1.82) is 0 Å². The van der Waals surface area contributed by atoms with Crippen LogP contribution in [0.25, 0.3) is 0 Å². The molecule has 0 aliphatic rings. The predicted molar refractivity (Wildman–Crippen MR) is 87.2 cm³/mol. The lowest BCUT2D eigenvalue weighted by Gasteiger charge is -2.21. The highest BCUT2D eigenvalue weighted by atomic mass is 32.2. The van der Waals surface area contributed by atoms with Gasteiger partial charge in [-0.05, 0) is 35.9 Å². The highest BCUT2D eigenvalue weighted by molar-refractivity contribution is 7.99. The van der Waals surface area contributed by atoms with Gasteiger partial charge >= 0.3 is 6.18 Å². The third-order valence-electron chi connectivity index (χ3n) is 3.30. The van der Waals surface area contributed by atoms with Crippen LogP contribution in [0.15, 0.2) is 47.4 Å². The molecule has 24 heavy (non-hydrogen) atoms. The van der Waals surface area contributed by atoms with Gasteiger partial charge in [0.2, 0.25) is 0 Å². The normalized spacial score (nSPS) is 12.6. The Hall–Kier alpha value is -2.02. The van der Waals surface area contributed by atoms with Gasteiger partial charge in [0.25, 0.3) is 0 Å². The quantitative estimate of drug-likeness (QED) is 0.671. The summed E-state index contributed by atoms with van der Waals surface area (Å²) in [5, 5.41) is -1.72. The second kappa shape index (κ2) is 7.70. The third-order valence-corrected chi connectivity index (χ3v) is 4.60. The number of methoxy groups -OCH3 is 3. The van der Waals surface area contributed by atoms with Gasteiger partial charge in [-0.15, -0.1) is 11.8 Å². The van der Waals surface area contributed by atoms with E-state index in [1.165, 1.54) is 39.5 Å². The van der Waals surface area contributed by atoms with Crippen molar-refractivity contribution in [3.8, 4) is 17.2 Å². The Morgan fingerprint density at radius 2 is 1.58 bits per heavy atom. The van der Waals surface area contributed by atoms with Crippen LogP contribution >= 0.6 is 11.8 Å². The second-order valence-electron chi connectivity index (χ2n) is 4.83. The van der Waals surface area contributed by atoms with E-state index in [4.69, 9.17) is 14.2 Å². The topological polar surface area (TPSA) is 27.7 Å². The van der Waals surface area contributed by atoms with Crippen molar-refractivity contribution in [2.45, 2.75) is 16.3 Å². The summed E-state index contributed by atoms with van der Waals surface area (Å²) in [7, 11) is 4.33. The summed E-state index contributed by atoms with van der Waals surface area (Å²) in [5.41, 5.74) is 0.127. The first kappa shape index (κ1) is 18.3. The lowest BCUT2D eigenvalue weighted by atomic mass is 10.1. The van der Waals surface area contributed by atoms with Crippen molar-refractivity contribution in [1.82, 2.24) is 0 Å². The van der Waals surface area contributed by atoms with Gasteiger partial charge in [-0.3, -0.25) is 0 Å². The van der Waals surface area contributed by atoms with Crippen LogP contribution in [0.1, 0.15) is 10.8 Å². The zero-order valence-corrected chi connectivity index (χ0v) is 14.2. The number of benzene rings is 2. The minimum Gasteiger partial charge on any atom is -0.497 e. The summed E-state index contributed by atoms with van der Waals surface area (Å²) in [4.78, 5) is 0.429. The van der Waals surface area contributed by atoms with E-state index in [2.05, 4.69) is 0 Å². The molecule has 130 valence electrons. The van der Waals surface area contributed by atoms with Gasteiger partial charge < -0.3 is 14.2 Å². The van der Waals surface area contributed by atoms with Gasteiger partial charge in [-0.1, -0.05) is 12.1 Å². The second-order valence-corrected chi connectivity index (χ2v) is 6.01. The van der Waals surface area contributed by atoms with Crippen LogP contribution in [0.4, 0.5) is 13.2 Å². The average molecular weight is 358 g/mol. The molecular weight excluding hydrogens is 341 g/mol. The molecule has 0 amide bonds. The van der Waals surface area contributed by atoms with Crippen LogP contribution in [0.3, 0.4) is 0 Å². The largest absolute Gasteiger partial charge is 0.497 e. The predicted octanol–water partition coefficient (Wildman–Crippen LogP) is 5.11. The molecule has 2 aromatic rings. The van der Waals surface area contributed by atoms with E-state index in [0.717, 1.165) is 0 Å². The Kier molecular flexibility index (Phi) is 5.88. The molecular formula is C17H17F3O3S. The Morgan fingerprint density at radius 3 is 2.17 bits per heavy atom. The smallest absolute Gasteiger partial charge is 0.404 e. The summed E-state index contributed by atoms with van der Waals surface area (Å²) < 4.78 is 55.9. The van der Waals surface area contributed by atoms with Gasteiger partial charge in [0.15, 0.2) is 11.5 Å². The van der Waals surface area contributed by atoms with Gasteiger partial charge in [0.1, 0.15) is 11.0 Å². The van der Waals surface area contributed by atoms with E-state index in [9.17, 15) is 13.2 Å². The van der Waals surface area contributed by atoms with E-state index in [0.29, 0.717) is 33.9 Å². The summed E-state index contributed by atoms with van der Waals surface area (Å²) in [5.74, 6) is 1.23. The molecule has 0 N–H and O–H groups in total. The number of rotatable bonds is 6. The lowest BCUT2D eigenvalue weighted by Crippen LogP contribution is -2.18. The molecule has 0 aliphatic heterocycles. The molecule has 7 heteroatoms. The van der Waals surface area contributed by atoms with E-state index in [-0.39, 0.29) is 5.56 Å². The minimum absolute atomic E-state index is 0.127. The van der Waals surface area contributed by atoms with Crippen molar-refractivity contribution in [3.63, 3.8) is 0 Å². The van der Waals surface area contributed by atoms with Gasteiger partial charge in [0, 0.05) is 4.90 Å². The van der Waals surface area contributed by atoms with Crippen LogP contribution in [-0.2, 0) is 0 Å². The molecule has 0 radical (unpaired) electrons. The third kappa shape index (κ3) is 4.29. The molecule has 0 spiro atoms. The highest BCUT2D eigenvalue weighted by Gasteiger charge is 2.41. The molecule has 0 saturated heterocycles. The summed E-state index contributed by atoms with van der Waals surface area (Å²) in [6, 6.07) is 10.7. The Morgan fingerprint density at radius 1 is 0.875 bits per heavy atom. The highest BCUT2D eigenvalue weighted by Crippen LogP contribution is 2.48. The molecule has 2 rings (SSSR count). The Labute approximate surface area is 142 Å². The van der Waals surface area contributed by atoms with Crippen molar-refractivity contribution >= 4 is 11.8 Å². The molecule has 0 bridgehead atoms. The lowest BCUT2D eigenvalue weighted by molar-refractivity contribution is -0.129. The monoisotopic (exact) mass is 358 g/mol. The van der Waals surface area contributed by atoms with E-state index < -0.39 is 11.4 Å². The van der Waals surface area contributed by atoms with Gasteiger partial charge in [-0.2, -0.15) is 13.2 Å². The average Bonchev–Trinajstić information content (AvgIpc) is 2.58. The van der Waals surface area contributed by atoms with Crippen molar-refractivity contribution in [3.05, 3.63) is 48.0 Å².